The number of hydrogen-bond acceptors (Lipinski definition) is 7. The molecule has 1 aliphatic rings. The second-order valence-corrected chi connectivity index (χ2v) is 7.92. The molecule has 1 aromatic carbocycles. The van der Waals surface area contributed by atoms with Crippen LogP contribution in [-0.2, 0) is 19.2 Å². The van der Waals surface area contributed by atoms with Crippen LogP contribution < -0.4 is 10.1 Å². The van der Waals surface area contributed by atoms with Crippen LogP contribution >= 0.6 is 0 Å². The van der Waals surface area contributed by atoms with E-state index in [9.17, 15) is 34.5 Å². The van der Waals surface area contributed by atoms with E-state index in [1.54, 1.807) is 24.3 Å². The van der Waals surface area contributed by atoms with Gasteiger partial charge >= 0.3 is 17.9 Å². The molecule has 0 unspecified atom stereocenters. The van der Waals surface area contributed by atoms with Crippen molar-refractivity contribution in [1.82, 2.24) is 9.80 Å². The Morgan fingerprint density at radius 2 is 1.30 bits per heavy atom. The first-order valence-electron chi connectivity index (χ1n) is 10.9. The Labute approximate surface area is 191 Å². The predicted octanol–water partition coefficient (Wildman–Crippen LogP) is 1.19. The van der Waals surface area contributed by atoms with Crippen molar-refractivity contribution in [1.29, 1.82) is 0 Å². The lowest BCUT2D eigenvalue weighted by atomic mass is 9.87. The molecular formula is C22H31N3O8. The highest BCUT2D eigenvalue weighted by atomic mass is 16.5. The molecule has 11 heteroatoms. The van der Waals surface area contributed by atoms with Crippen LogP contribution in [0.3, 0.4) is 0 Å². The van der Waals surface area contributed by atoms with Crippen LogP contribution in [0.2, 0.25) is 0 Å². The van der Waals surface area contributed by atoms with E-state index < -0.39 is 55.5 Å². The summed E-state index contributed by atoms with van der Waals surface area (Å²) in [6.45, 7) is 0.762. The van der Waals surface area contributed by atoms with Crippen molar-refractivity contribution in [2.24, 2.45) is 0 Å². The first-order chi connectivity index (χ1) is 15.7. The van der Waals surface area contributed by atoms with Gasteiger partial charge in [-0.25, -0.2) is 0 Å². The fourth-order valence-electron chi connectivity index (χ4n) is 4.23. The van der Waals surface area contributed by atoms with E-state index in [1.807, 2.05) is 6.92 Å². The lowest BCUT2D eigenvalue weighted by Crippen LogP contribution is -2.57. The minimum atomic E-state index is -1.17. The maximum atomic E-state index is 12.7. The number of rotatable bonds is 13. The third-order valence-corrected chi connectivity index (χ3v) is 5.44. The number of ether oxygens (including phenoxy) is 1. The molecule has 0 bridgehead atoms. The number of anilines is 1. The quantitative estimate of drug-likeness (QED) is 0.334. The molecule has 2 atom stereocenters. The third kappa shape index (κ3) is 8.70. The van der Waals surface area contributed by atoms with Gasteiger partial charge in [-0.15, -0.1) is 0 Å². The monoisotopic (exact) mass is 465 g/mol. The number of amides is 1. The molecule has 1 amide bonds. The van der Waals surface area contributed by atoms with Gasteiger partial charge in [-0.2, -0.15) is 0 Å². The first kappa shape index (κ1) is 26.1. The van der Waals surface area contributed by atoms with Gasteiger partial charge in [0.05, 0.1) is 32.8 Å². The van der Waals surface area contributed by atoms with E-state index in [4.69, 9.17) is 4.74 Å². The number of carbonyl (C=O) groups excluding carboxylic acids is 1. The van der Waals surface area contributed by atoms with Crippen molar-refractivity contribution in [3.8, 4) is 5.75 Å². The van der Waals surface area contributed by atoms with Crippen molar-refractivity contribution in [3.05, 3.63) is 24.3 Å². The SMILES string of the molecule is CCOc1ccc(NC(=O)CN(CC(=O)O)[C@@H]2CCCC[C@H]2N(CC(=O)O)CC(=O)O)cc1. The molecule has 0 saturated heterocycles. The lowest BCUT2D eigenvalue weighted by molar-refractivity contribution is -0.146. The smallest absolute Gasteiger partial charge is 0.317 e. The minimum absolute atomic E-state index is 0.228. The Balaban J connectivity index is 2.17. The molecule has 11 nitrogen and oxygen atoms in total. The standard InChI is InChI=1S/C22H31N3O8/c1-2-33-16-9-7-15(8-10-16)23-19(26)11-24(12-20(27)28)17-5-3-4-6-18(17)25(13-21(29)30)14-22(31)32/h7-10,17-18H,2-6,11-14H2,1H3,(H,23,26)(H,27,28)(H,29,30)(H,31,32)/t17-,18-/m1/s1. The normalized spacial score (nSPS) is 18.2. The van der Waals surface area contributed by atoms with Crippen molar-refractivity contribution in [2.45, 2.75) is 44.7 Å². The summed E-state index contributed by atoms with van der Waals surface area (Å²) in [4.78, 5) is 49.7. The van der Waals surface area contributed by atoms with E-state index in [0.29, 0.717) is 30.9 Å². The number of hydrogen-bond donors (Lipinski definition) is 4. The first-order valence-corrected chi connectivity index (χ1v) is 10.9. The molecule has 182 valence electrons. The maximum Gasteiger partial charge on any atom is 0.317 e. The Kier molecular flexibility index (Phi) is 10.1. The van der Waals surface area contributed by atoms with Gasteiger partial charge in [-0.05, 0) is 44.0 Å². The molecular weight excluding hydrogens is 434 g/mol. The van der Waals surface area contributed by atoms with Crippen molar-refractivity contribution in [3.63, 3.8) is 0 Å². The van der Waals surface area contributed by atoms with Crippen LogP contribution in [0.1, 0.15) is 32.6 Å². The molecule has 4 N–H and O–H groups in total. The predicted molar refractivity (Wildman–Crippen MR) is 118 cm³/mol. The largest absolute Gasteiger partial charge is 0.494 e. The highest BCUT2D eigenvalue weighted by molar-refractivity contribution is 5.92. The van der Waals surface area contributed by atoms with Gasteiger partial charge in [0, 0.05) is 17.8 Å². The summed E-state index contributed by atoms with van der Waals surface area (Å²) in [5, 5.41) is 30.6. The topological polar surface area (TPSA) is 157 Å². The van der Waals surface area contributed by atoms with Crippen LogP contribution in [0.15, 0.2) is 24.3 Å². The van der Waals surface area contributed by atoms with Crippen LogP contribution in [0.4, 0.5) is 5.69 Å². The van der Waals surface area contributed by atoms with Gasteiger partial charge in [0.15, 0.2) is 0 Å². The summed E-state index contributed by atoms with van der Waals surface area (Å²) in [7, 11) is 0. The number of nitrogens with one attached hydrogen (secondary N) is 1. The van der Waals surface area contributed by atoms with Gasteiger partial charge in [-0.3, -0.25) is 29.0 Å². The Bertz CT molecular complexity index is 813. The third-order valence-electron chi connectivity index (χ3n) is 5.44. The van der Waals surface area contributed by atoms with Crippen LogP contribution in [-0.4, -0.2) is 93.8 Å². The summed E-state index contributed by atoms with van der Waals surface area (Å²) in [5.74, 6) is -3.23. The Hall–Kier alpha value is -3.18. The maximum absolute atomic E-state index is 12.7. The van der Waals surface area contributed by atoms with Crippen molar-refractivity contribution < 1.29 is 39.2 Å². The van der Waals surface area contributed by atoms with Gasteiger partial charge in [0.25, 0.3) is 0 Å². The number of carboxylic acids is 3. The van der Waals surface area contributed by atoms with Gasteiger partial charge in [-0.1, -0.05) is 12.8 Å². The fraction of sp³-hybridized carbons (Fsp3) is 0.545. The van der Waals surface area contributed by atoms with E-state index in [-0.39, 0.29) is 6.54 Å². The van der Waals surface area contributed by atoms with Crippen molar-refractivity contribution in [2.75, 3.05) is 38.1 Å². The van der Waals surface area contributed by atoms with E-state index in [0.717, 1.165) is 12.8 Å². The second-order valence-electron chi connectivity index (χ2n) is 7.92. The molecule has 2 rings (SSSR count). The number of carbonyl (C=O) groups is 4. The van der Waals surface area contributed by atoms with Crippen LogP contribution in [0, 0.1) is 0 Å². The van der Waals surface area contributed by atoms with E-state index >= 15 is 0 Å². The van der Waals surface area contributed by atoms with Crippen LogP contribution in [0.25, 0.3) is 0 Å². The molecule has 0 heterocycles. The summed E-state index contributed by atoms with van der Waals surface area (Å²) >= 11 is 0. The zero-order chi connectivity index (χ0) is 24.4. The number of aliphatic carboxylic acids is 3. The number of carboxylic acid groups (broad SMARTS) is 3. The summed E-state index contributed by atoms with van der Waals surface area (Å²) in [5.41, 5.74) is 0.525. The van der Waals surface area contributed by atoms with Gasteiger partial charge in [0.1, 0.15) is 5.75 Å². The Morgan fingerprint density at radius 3 is 1.73 bits per heavy atom. The van der Waals surface area contributed by atoms with E-state index in [1.165, 1.54) is 9.80 Å². The molecule has 1 aromatic rings. The fourth-order valence-corrected chi connectivity index (χ4v) is 4.23. The molecule has 0 aromatic heterocycles. The number of nitrogens with zero attached hydrogens (tertiary/aromatic N) is 2. The highest BCUT2D eigenvalue weighted by Crippen LogP contribution is 2.27. The van der Waals surface area contributed by atoms with Crippen molar-refractivity contribution >= 4 is 29.5 Å². The summed E-state index contributed by atoms with van der Waals surface area (Å²) in [6.07, 6.45) is 2.58. The van der Waals surface area contributed by atoms with Crippen LogP contribution in [0.5, 0.6) is 5.75 Å². The summed E-state index contributed by atoms with van der Waals surface area (Å²) in [6, 6.07) is 5.80. The molecule has 0 spiro atoms. The molecule has 1 fully saturated rings. The molecule has 1 aliphatic carbocycles. The molecule has 1 saturated carbocycles. The Morgan fingerprint density at radius 1 is 0.848 bits per heavy atom. The summed E-state index contributed by atoms with van der Waals surface area (Å²) < 4.78 is 5.37. The second kappa shape index (κ2) is 12.8. The average Bonchev–Trinajstić information content (AvgIpc) is 2.73. The number of benzene rings is 1. The average molecular weight is 466 g/mol. The minimum Gasteiger partial charge on any atom is -0.494 e. The zero-order valence-corrected chi connectivity index (χ0v) is 18.6. The van der Waals surface area contributed by atoms with E-state index in [2.05, 4.69) is 5.32 Å². The molecule has 0 radical (unpaired) electrons. The molecule has 0 aliphatic heterocycles. The van der Waals surface area contributed by atoms with Gasteiger partial charge in [0.2, 0.25) is 5.91 Å². The van der Waals surface area contributed by atoms with Gasteiger partial charge < -0.3 is 25.4 Å². The lowest BCUT2D eigenvalue weighted by Gasteiger charge is -2.43. The molecule has 33 heavy (non-hydrogen) atoms. The zero-order valence-electron chi connectivity index (χ0n) is 18.6. The highest BCUT2D eigenvalue weighted by Gasteiger charge is 2.37.